The first kappa shape index (κ1) is 13.7. The second kappa shape index (κ2) is 6.42. The highest BCUT2D eigenvalue weighted by Crippen LogP contribution is 2.34. The molecule has 2 rings (SSSR count). The number of rotatable bonds is 6. The van der Waals surface area contributed by atoms with Gasteiger partial charge in [-0.1, -0.05) is 32.6 Å². The third-order valence-corrected chi connectivity index (χ3v) is 4.14. The third kappa shape index (κ3) is 3.38. The lowest BCUT2D eigenvalue weighted by molar-refractivity contribution is 0.389. The van der Waals surface area contributed by atoms with Crippen molar-refractivity contribution in [2.75, 3.05) is 6.54 Å². The number of furan rings is 1. The van der Waals surface area contributed by atoms with Gasteiger partial charge in [-0.15, -0.1) is 0 Å². The molecule has 1 N–H and O–H groups in total. The van der Waals surface area contributed by atoms with Crippen LogP contribution in [-0.2, 0) is 0 Å². The lowest BCUT2D eigenvalue weighted by Gasteiger charge is -2.21. The topological polar surface area (TPSA) is 25.2 Å². The van der Waals surface area contributed by atoms with Crippen LogP contribution in [0.15, 0.2) is 10.5 Å². The highest BCUT2D eigenvalue weighted by molar-refractivity contribution is 5.24. The summed E-state index contributed by atoms with van der Waals surface area (Å²) in [5.41, 5.74) is 1.38. The van der Waals surface area contributed by atoms with E-state index in [1.165, 1.54) is 44.1 Å². The molecule has 0 radical (unpaired) electrons. The molecule has 1 saturated carbocycles. The number of nitrogens with one attached hydrogen (secondary N) is 1. The molecule has 102 valence electrons. The molecule has 1 aliphatic rings. The minimum atomic E-state index is 0.491. The van der Waals surface area contributed by atoms with Crippen molar-refractivity contribution in [2.45, 2.75) is 65.3 Å². The second-order valence-electron chi connectivity index (χ2n) is 5.76. The van der Waals surface area contributed by atoms with E-state index in [4.69, 9.17) is 4.42 Å². The van der Waals surface area contributed by atoms with Gasteiger partial charge in [-0.3, -0.25) is 0 Å². The number of aryl methyl sites for hydroxylation is 2. The summed E-state index contributed by atoms with van der Waals surface area (Å²) in [6, 6.07) is 2.71. The van der Waals surface area contributed by atoms with Gasteiger partial charge in [0.1, 0.15) is 11.5 Å². The summed E-state index contributed by atoms with van der Waals surface area (Å²) in [5, 5.41) is 3.71. The Hall–Kier alpha value is -0.760. The van der Waals surface area contributed by atoms with Crippen molar-refractivity contribution in [3.05, 3.63) is 23.2 Å². The van der Waals surface area contributed by atoms with Crippen molar-refractivity contribution in [1.82, 2.24) is 5.32 Å². The van der Waals surface area contributed by atoms with Gasteiger partial charge in [-0.25, -0.2) is 0 Å². The van der Waals surface area contributed by atoms with Gasteiger partial charge >= 0.3 is 0 Å². The molecule has 18 heavy (non-hydrogen) atoms. The summed E-state index contributed by atoms with van der Waals surface area (Å²) in [7, 11) is 0. The first-order chi connectivity index (χ1) is 8.70. The van der Waals surface area contributed by atoms with Gasteiger partial charge < -0.3 is 9.73 Å². The van der Waals surface area contributed by atoms with E-state index in [-0.39, 0.29) is 0 Å². The zero-order valence-corrected chi connectivity index (χ0v) is 12.1. The molecule has 1 aliphatic carbocycles. The van der Waals surface area contributed by atoms with E-state index < -0.39 is 0 Å². The quantitative estimate of drug-likeness (QED) is 0.802. The molecule has 0 aliphatic heterocycles. The molecule has 0 spiro atoms. The first-order valence-electron chi connectivity index (χ1n) is 7.51. The molecule has 2 heteroatoms. The number of hydrogen-bond acceptors (Lipinski definition) is 2. The summed E-state index contributed by atoms with van der Waals surface area (Å²) in [6.07, 6.45) is 8.15. The van der Waals surface area contributed by atoms with Crippen molar-refractivity contribution in [3.8, 4) is 0 Å². The van der Waals surface area contributed by atoms with Gasteiger partial charge in [0.2, 0.25) is 0 Å². The van der Waals surface area contributed by atoms with Gasteiger partial charge in [0.15, 0.2) is 0 Å². The van der Waals surface area contributed by atoms with E-state index in [1.807, 2.05) is 6.92 Å². The Bertz CT molecular complexity index is 363. The zero-order valence-electron chi connectivity index (χ0n) is 12.1. The molecule has 0 saturated heterocycles. The van der Waals surface area contributed by atoms with Crippen LogP contribution in [0.4, 0.5) is 0 Å². The van der Waals surface area contributed by atoms with Gasteiger partial charge in [0.25, 0.3) is 0 Å². The van der Waals surface area contributed by atoms with E-state index in [1.54, 1.807) is 0 Å². The molecule has 1 heterocycles. The zero-order chi connectivity index (χ0) is 13.0. The molecule has 2 nitrogen and oxygen atoms in total. The fourth-order valence-corrected chi connectivity index (χ4v) is 3.21. The Morgan fingerprint density at radius 1 is 1.33 bits per heavy atom. The standard InChI is InChI=1S/C16H27NO/c1-4-9-17-16(11-14-7-5-6-8-14)15-10-12(2)18-13(15)3/h10,14,16-17H,4-9,11H2,1-3H3. The Labute approximate surface area is 111 Å². The lowest BCUT2D eigenvalue weighted by Crippen LogP contribution is -2.24. The Morgan fingerprint density at radius 3 is 2.61 bits per heavy atom. The summed E-state index contributed by atoms with van der Waals surface area (Å²) in [5.74, 6) is 3.05. The van der Waals surface area contributed by atoms with Gasteiger partial charge in [-0.05, 0) is 45.2 Å². The maximum atomic E-state index is 5.70. The molecular formula is C16H27NO. The van der Waals surface area contributed by atoms with Crippen LogP contribution in [0.3, 0.4) is 0 Å². The summed E-state index contributed by atoms with van der Waals surface area (Å²) in [4.78, 5) is 0. The molecule has 0 amide bonds. The lowest BCUT2D eigenvalue weighted by atomic mass is 9.93. The second-order valence-corrected chi connectivity index (χ2v) is 5.76. The van der Waals surface area contributed by atoms with Crippen LogP contribution in [0, 0.1) is 19.8 Å². The van der Waals surface area contributed by atoms with Crippen LogP contribution in [-0.4, -0.2) is 6.54 Å². The van der Waals surface area contributed by atoms with Crippen LogP contribution in [0.25, 0.3) is 0 Å². The van der Waals surface area contributed by atoms with Crippen molar-refractivity contribution in [2.24, 2.45) is 5.92 Å². The molecule has 1 aromatic rings. The van der Waals surface area contributed by atoms with Crippen LogP contribution in [0.5, 0.6) is 0 Å². The Morgan fingerprint density at radius 2 is 2.06 bits per heavy atom. The summed E-state index contributed by atoms with van der Waals surface area (Å²) in [6.45, 7) is 7.47. The first-order valence-corrected chi connectivity index (χ1v) is 7.51. The monoisotopic (exact) mass is 249 g/mol. The summed E-state index contributed by atoms with van der Waals surface area (Å²) >= 11 is 0. The van der Waals surface area contributed by atoms with E-state index in [0.29, 0.717) is 6.04 Å². The van der Waals surface area contributed by atoms with Crippen molar-refractivity contribution in [1.29, 1.82) is 0 Å². The Balaban J connectivity index is 2.05. The van der Waals surface area contributed by atoms with Crippen LogP contribution >= 0.6 is 0 Å². The molecule has 1 fully saturated rings. The van der Waals surface area contributed by atoms with Crippen molar-refractivity contribution < 1.29 is 4.42 Å². The Kier molecular flexibility index (Phi) is 4.87. The van der Waals surface area contributed by atoms with Gasteiger partial charge in [-0.2, -0.15) is 0 Å². The van der Waals surface area contributed by atoms with E-state index in [0.717, 1.165) is 24.0 Å². The van der Waals surface area contributed by atoms with Crippen molar-refractivity contribution >= 4 is 0 Å². The molecule has 0 aromatic carbocycles. The largest absolute Gasteiger partial charge is 0.466 e. The average molecular weight is 249 g/mol. The van der Waals surface area contributed by atoms with E-state index in [2.05, 4.69) is 25.2 Å². The fraction of sp³-hybridized carbons (Fsp3) is 0.750. The van der Waals surface area contributed by atoms with E-state index in [9.17, 15) is 0 Å². The molecule has 0 bridgehead atoms. The minimum absolute atomic E-state index is 0.491. The van der Waals surface area contributed by atoms with Crippen LogP contribution < -0.4 is 5.32 Å². The molecular weight excluding hydrogens is 222 g/mol. The van der Waals surface area contributed by atoms with Crippen LogP contribution in [0.2, 0.25) is 0 Å². The normalized spacial score (nSPS) is 18.4. The molecule has 1 unspecified atom stereocenters. The van der Waals surface area contributed by atoms with Gasteiger partial charge in [0.05, 0.1) is 0 Å². The molecule has 1 atom stereocenters. The third-order valence-electron chi connectivity index (χ3n) is 4.14. The maximum Gasteiger partial charge on any atom is 0.105 e. The average Bonchev–Trinajstić information content (AvgIpc) is 2.94. The fourth-order valence-electron chi connectivity index (χ4n) is 3.21. The highest BCUT2D eigenvalue weighted by atomic mass is 16.3. The molecule has 1 aromatic heterocycles. The maximum absolute atomic E-state index is 5.70. The number of hydrogen-bond donors (Lipinski definition) is 1. The predicted octanol–water partition coefficient (Wildman–Crippen LogP) is 4.52. The highest BCUT2D eigenvalue weighted by Gasteiger charge is 2.23. The predicted molar refractivity (Wildman–Crippen MR) is 75.8 cm³/mol. The van der Waals surface area contributed by atoms with Crippen molar-refractivity contribution in [3.63, 3.8) is 0 Å². The smallest absolute Gasteiger partial charge is 0.105 e. The van der Waals surface area contributed by atoms with Gasteiger partial charge in [0, 0.05) is 11.6 Å². The van der Waals surface area contributed by atoms with Crippen LogP contribution in [0.1, 0.15) is 68.6 Å². The van der Waals surface area contributed by atoms with E-state index >= 15 is 0 Å². The SMILES string of the molecule is CCCNC(CC1CCCC1)c1cc(C)oc1C. The minimum Gasteiger partial charge on any atom is -0.466 e. The summed E-state index contributed by atoms with van der Waals surface area (Å²) < 4.78 is 5.70.